The maximum absolute atomic E-state index is 12.6. The Hall–Kier alpha value is -3.41. The molecule has 0 aliphatic heterocycles. The molecule has 6 heteroatoms. The number of hydrazone groups is 1. The molecule has 0 aliphatic carbocycles. The van der Waals surface area contributed by atoms with Crippen molar-refractivity contribution in [1.82, 2.24) is 10.4 Å². The molecule has 0 atom stereocenters. The molecule has 0 fully saturated rings. The van der Waals surface area contributed by atoms with E-state index in [4.69, 9.17) is 9.47 Å². The van der Waals surface area contributed by atoms with E-state index in [1.807, 2.05) is 31.2 Å². The van der Waals surface area contributed by atoms with Crippen LogP contribution < -0.4 is 14.9 Å². The number of hydrogen-bond donors (Lipinski definition) is 1. The quantitative estimate of drug-likeness (QED) is 0.566. The molecule has 132 valence electrons. The molecule has 6 nitrogen and oxygen atoms in total. The highest BCUT2D eigenvalue weighted by Crippen LogP contribution is 2.23. The first-order chi connectivity index (χ1) is 12.6. The van der Waals surface area contributed by atoms with E-state index in [2.05, 4.69) is 15.5 Å². The van der Waals surface area contributed by atoms with Crippen LogP contribution in [0.3, 0.4) is 0 Å². The number of fused-ring (bicyclic) bond motifs is 1. The molecule has 0 saturated carbocycles. The highest BCUT2D eigenvalue weighted by Gasteiger charge is 2.11. The van der Waals surface area contributed by atoms with Crippen LogP contribution in [-0.2, 0) is 0 Å². The molecule has 0 aliphatic rings. The molecule has 1 aromatic heterocycles. The van der Waals surface area contributed by atoms with E-state index < -0.39 is 0 Å². The molecule has 0 bridgehead atoms. The second-order valence-corrected chi connectivity index (χ2v) is 5.64. The van der Waals surface area contributed by atoms with Gasteiger partial charge in [0.15, 0.2) is 0 Å². The average molecular weight is 349 g/mol. The molecule has 1 N–H and O–H groups in total. The van der Waals surface area contributed by atoms with E-state index >= 15 is 0 Å². The highest BCUT2D eigenvalue weighted by atomic mass is 16.5. The largest absolute Gasteiger partial charge is 0.497 e. The van der Waals surface area contributed by atoms with E-state index in [-0.39, 0.29) is 5.91 Å². The van der Waals surface area contributed by atoms with Gasteiger partial charge in [0.25, 0.3) is 5.91 Å². The minimum absolute atomic E-state index is 0.296. The fourth-order valence-electron chi connectivity index (χ4n) is 2.64. The van der Waals surface area contributed by atoms with Gasteiger partial charge in [-0.05, 0) is 31.2 Å². The molecule has 3 rings (SSSR count). The van der Waals surface area contributed by atoms with Crippen LogP contribution >= 0.6 is 0 Å². The standard InChI is InChI=1S/C20H19N3O3/c1-13-10-17(16-6-4-5-7-18(16)22-13)20(24)23-21-12-14-8-9-15(25-2)11-19(14)26-3/h4-12H,1-3H3,(H,23,24)/b21-12-. The van der Waals surface area contributed by atoms with E-state index in [0.29, 0.717) is 17.1 Å². The Kier molecular flexibility index (Phi) is 5.12. The molecule has 0 saturated heterocycles. The summed E-state index contributed by atoms with van der Waals surface area (Å²) in [6.07, 6.45) is 1.53. The number of aromatic nitrogens is 1. The Bertz CT molecular complexity index is 983. The summed E-state index contributed by atoms with van der Waals surface area (Å²) in [5, 5.41) is 4.84. The Morgan fingerprint density at radius 1 is 1.12 bits per heavy atom. The number of para-hydroxylation sites is 1. The SMILES string of the molecule is COc1ccc(/C=N\NC(=O)c2cc(C)nc3ccccc23)c(OC)c1. The smallest absolute Gasteiger partial charge is 0.272 e. The lowest BCUT2D eigenvalue weighted by atomic mass is 10.1. The Balaban J connectivity index is 1.83. The van der Waals surface area contributed by atoms with Crippen LogP contribution in [0.1, 0.15) is 21.6 Å². The summed E-state index contributed by atoms with van der Waals surface area (Å²) in [5.41, 5.74) is 5.37. The number of rotatable bonds is 5. The highest BCUT2D eigenvalue weighted by molar-refractivity contribution is 6.06. The Morgan fingerprint density at radius 2 is 1.92 bits per heavy atom. The van der Waals surface area contributed by atoms with Crippen molar-refractivity contribution in [3.8, 4) is 11.5 Å². The predicted octanol–water partition coefficient (Wildman–Crippen LogP) is 3.32. The van der Waals surface area contributed by atoms with Gasteiger partial charge in [0.2, 0.25) is 0 Å². The number of carbonyl (C=O) groups is 1. The lowest BCUT2D eigenvalue weighted by molar-refractivity contribution is 0.0956. The average Bonchev–Trinajstić information content (AvgIpc) is 2.67. The zero-order valence-corrected chi connectivity index (χ0v) is 14.8. The molecule has 0 unspecified atom stereocenters. The third kappa shape index (κ3) is 3.64. The topological polar surface area (TPSA) is 72.8 Å². The second-order valence-electron chi connectivity index (χ2n) is 5.64. The molecule has 0 spiro atoms. The van der Waals surface area contributed by atoms with Gasteiger partial charge < -0.3 is 9.47 Å². The number of methoxy groups -OCH3 is 2. The van der Waals surface area contributed by atoms with Gasteiger partial charge in [0, 0.05) is 22.7 Å². The summed E-state index contributed by atoms with van der Waals surface area (Å²) in [4.78, 5) is 17.0. The maximum atomic E-state index is 12.6. The van der Waals surface area contributed by atoms with E-state index in [1.54, 1.807) is 38.5 Å². The van der Waals surface area contributed by atoms with Gasteiger partial charge in [-0.3, -0.25) is 9.78 Å². The summed E-state index contributed by atoms with van der Waals surface area (Å²) in [6.45, 7) is 1.86. The normalized spacial score (nSPS) is 10.9. The van der Waals surface area contributed by atoms with Gasteiger partial charge in [-0.2, -0.15) is 5.10 Å². The van der Waals surface area contributed by atoms with Gasteiger partial charge in [-0.15, -0.1) is 0 Å². The first-order valence-corrected chi connectivity index (χ1v) is 8.04. The Morgan fingerprint density at radius 3 is 2.69 bits per heavy atom. The molecule has 0 radical (unpaired) electrons. The van der Waals surface area contributed by atoms with Crippen molar-refractivity contribution in [3.05, 3.63) is 65.4 Å². The number of carbonyl (C=O) groups excluding carboxylic acids is 1. The van der Waals surface area contributed by atoms with Gasteiger partial charge in [0.1, 0.15) is 11.5 Å². The van der Waals surface area contributed by atoms with Crippen LogP contribution in [0, 0.1) is 6.92 Å². The Labute approximate surface area is 151 Å². The third-order valence-electron chi connectivity index (χ3n) is 3.90. The molecule has 26 heavy (non-hydrogen) atoms. The second kappa shape index (κ2) is 7.65. The number of aryl methyl sites for hydroxylation is 1. The fourth-order valence-corrected chi connectivity index (χ4v) is 2.64. The van der Waals surface area contributed by atoms with Crippen molar-refractivity contribution >= 4 is 23.0 Å². The molecule has 3 aromatic rings. The summed E-state index contributed by atoms with van der Waals surface area (Å²) in [6, 6.07) is 14.6. The first-order valence-electron chi connectivity index (χ1n) is 8.04. The number of nitrogens with one attached hydrogen (secondary N) is 1. The fraction of sp³-hybridized carbons (Fsp3) is 0.150. The van der Waals surface area contributed by atoms with Crippen molar-refractivity contribution in [3.63, 3.8) is 0 Å². The van der Waals surface area contributed by atoms with Crippen LogP contribution in [0.5, 0.6) is 11.5 Å². The number of pyridine rings is 1. The lowest BCUT2D eigenvalue weighted by Crippen LogP contribution is -2.18. The summed E-state index contributed by atoms with van der Waals surface area (Å²) in [7, 11) is 3.15. The van der Waals surface area contributed by atoms with E-state index in [1.165, 1.54) is 6.21 Å². The van der Waals surface area contributed by atoms with Crippen LogP contribution in [0.25, 0.3) is 10.9 Å². The van der Waals surface area contributed by atoms with E-state index in [9.17, 15) is 4.79 Å². The van der Waals surface area contributed by atoms with Crippen molar-refractivity contribution in [1.29, 1.82) is 0 Å². The van der Waals surface area contributed by atoms with Gasteiger partial charge in [-0.25, -0.2) is 5.43 Å². The monoisotopic (exact) mass is 349 g/mol. The van der Waals surface area contributed by atoms with Crippen LogP contribution in [0.4, 0.5) is 0 Å². The summed E-state index contributed by atoms with van der Waals surface area (Å²) >= 11 is 0. The maximum Gasteiger partial charge on any atom is 0.272 e. The zero-order chi connectivity index (χ0) is 18.5. The van der Waals surface area contributed by atoms with E-state index in [0.717, 1.165) is 22.2 Å². The van der Waals surface area contributed by atoms with Crippen molar-refractivity contribution in [2.24, 2.45) is 5.10 Å². The number of hydrogen-bond acceptors (Lipinski definition) is 5. The molecular weight excluding hydrogens is 330 g/mol. The number of nitrogens with zero attached hydrogens (tertiary/aromatic N) is 2. The van der Waals surface area contributed by atoms with Gasteiger partial charge >= 0.3 is 0 Å². The number of amides is 1. The van der Waals surface area contributed by atoms with Crippen molar-refractivity contribution in [2.45, 2.75) is 6.92 Å². The predicted molar refractivity (Wildman–Crippen MR) is 101 cm³/mol. The minimum atomic E-state index is -0.296. The zero-order valence-electron chi connectivity index (χ0n) is 14.8. The third-order valence-corrected chi connectivity index (χ3v) is 3.90. The molecule has 2 aromatic carbocycles. The summed E-state index contributed by atoms with van der Waals surface area (Å²) < 4.78 is 10.5. The lowest BCUT2D eigenvalue weighted by Gasteiger charge is -2.08. The van der Waals surface area contributed by atoms with Crippen molar-refractivity contribution < 1.29 is 14.3 Å². The number of benzene rings is 2. The molecule has 1 amide bonds. The van der Waals surface area contributed by atoms with Crippen molar-refractivity contribution in [2.75, 3.05) is 14.2 Å². The summed E-state index contributed by atoms with van der Waals surface area (Å²) in [5.74, 6) is 0.991. The van der Waals surface area contributed by atoms with Gasteiger partial charge in [-0.1, -0.05) is 18.2 Å². The van der Waals surface area contributed by atoms with Crippen LogP contribution in [-0.4, -0.2) is 31.3 Å². The minimum Gasteiger partial charge on any atom is -0.497 e. The van der Waals surface area contributed by atoms with Gasteiger partial charge in [0.05, 0.1) is 31.5 Å². The first kappa shape index (κ1) is 17.4. The molecule has 1 heterocycles. The molecular formula is C20H19N3O3. The van der Waals surface area contributed by atoms with Crippen LogP contribution in [0.2, 0.25) is 0 Å². The van der Waals surface area contributed by atoms with Crippen LogP contribution in [0.15, 0.2) is 53.6 Å². The number of ether oxygens (including phenoxy) is 2.